The molecule has 0 saturated carbocycles. The molecule has 0 heterocycles. The van der Waals surface area contributed by atoms with Gasteiger partial charge in [0.2, 0.25) is 0 Å². The summed E-state index contributed by atoms with van der Waals surface area (Å²) >= 11 is 0. The topological polar surface area (TPSA) is 0 Å². The van der Waals surface area contributed by atoms with Crippen LogP contribution in [0.1, 0.15) is 22.3 Å². The van der Waals surface area contributed by atoms with Crippen LogP contribution in [0, 0.1) is 11.6 Å². The van der Waals surface area contributed by atoms with Crippen molar-refractivity contribution in [2.75, 3.05) is 0 Å². The average Bonchev–Trinajstić information content (AvgIpc) is 3.10. The average molecular weight is 585 g/mol. The van der Waals surface area contributed by atoms with Gasteiger partial charge < -0.3 is 0 Å². The molecule has 0 radical (unpaired) electrons. The van der Waals surface area contributed by atoms with Crippen molar-refractivity contribution in [2.24, 2.45) is 0 Å². The Morgan fingerprint density at radius 1 is 0.267 bits per heavy atom. The molecule has 45 heavy (non-hydrogen) atoms. The van der Waals surface area contributed by atoms with Crippen molar-refractivity contribution >= 4 is 0 Å². The third-order valence-corrected chi connectivity index (χ3v) is 8.58. The highest BCUT2D eigenvalue weighted by atomic mass is 19.1. The minimum atomic E-state index is -0.840. The summed E-state index contributed by atoms with van der Waals surface area (Å²) in [5.41, 5.74) is 9.17. The van der Waals surface area contributed by atoms with Gasteiger partial charge in [0.15, 0.2) is 0 Å². The van der Waals surface area contributed by atoms with Gasteiger partial charge in [-0.1, -0.05) is 158 Å². The number of rotatable bonds is 7. The molecule has 0 spiro atoms. The van der Waals surface area contributed by atoms with Gasteiger partial charge in [-0.15, -0.1) is 0 Å². The van der Waals surface area contributed by atoms with Crippen molar-refractivity contribution in [1.82, 2.24) is 0 Å². The monoisotopic (exact) mass is 584 g/mol. The lowest BCUT2D eigenvalue weighted by Gasteiger charge is -2.37. The number of halogens is 2. The molecule has 0 saturated heterocycles. The lowest BCUT2D eigenvalue weighted by molar-refractivity contribution is 0.619. The van der Waals surface area contributed by atoms with Crippen LogP contribution in [-0.4, -0.2) is 0 Å². The van der Waals surface area contributed by atoms with Gasteiger partial charge >= 0.3 is 0 Å². The van der Waals surface area contributed by atoms with E-state index in [-0.39, 0.29) is 11.6 Å². The quantitative estimate of drug-likeness (QED) is 0.164. The van der Waals surface area contributed by atoms with E-state index in [2.05, 4.69) is 84.9 Å². The van der Waals surface area contributed by atoms with Crippen LogP contribution in [-0.2, 0) is 5.41 Å². The summed E-state index contributed by atoms with van der Waals surface area (Å²) in [6.07, 6.45) is 0. The highest BCUT2D eigenvalue weighted by molar-refractivity contribution is 5.70. The maximum Gasteiger partial charge on any atom is 0.123 e. The van der Waals surface area contributed by atoms with E-state index < -0.39 is 5.41 Å². The Kier molecular flexibility index (Phi) is 7.63. The van der Waals surface area contributed by atoms with Gasteiger partial charge in [-0.3, -0.25) is 0 Å². The van der Waals surface area contributed by atoms with Crippen molar-refractivity contribution in [3.8, 4) is 33.4 Å². The summed E-state index contributed by atoms with van der Waals surface area (Å²) in [5, 5.41) is 0. The molecule has 0 unspecified atom stereocenters. The number of benzene rings is 7. The highest BCUT2D eigenvalue weighted by Gasteiger charge is 2.38. The summed E-state index contributed by atoms with van der Waals surface area (Å²) in [6.45, 7) is 0. The van der Waals surface area contributed by atoms with Gasteiger partial charge in [0, 0.05) is 0 Å². The van der Waals surface area contributed by atoms with E-state index in [0.29, 0.717) is 0 Å². The SMILES string of the molecule is Fc1cccc(-c2ccc(C(c3ccc(-c4ccccc4)cc3)(c3ccc(-c4ccccc4)cc3)c3cccc(F)c3)cc2)c1. The second-order valence-electron chi connectivity index (χ2n) is 11.2. The zero-order chi connectivity index (χ0) is 30.6. The van der Waals surface area contributed by atoms with Gasteiger partial charge in [0.05, 0.1) is 5.41 Å². The van der Waals surface area contributed by atoms with E-state index in [9.17, 15) is 4.39 Å². The minimum absolute atomic E-state index is 0.275. The first-order valence-corrected chi connectivity index (χ1v) is 15.1. The van der Waals surface area contributed by atoms with E-state index in [4.69, 9.17) is 0 Å². The van der Waals surface area contributed by atoms with Gasteiger partial charge in [0.1, 0.15) is 11.6 Å². The largest absolute Gasteiger partial charge is 0.207 e. The van der Waals surface area contributed by atoms with Crippen LogP contribution in [0.2, 0.25) is 0 Å². The molecular formula is C43H30F2. The fourth-order valence-corrected chi connectivity index (χ4v) is 6.39. The first kappa shape index (κ1) is 28.2. The third-order valence-electron chi connectivity index (χ3n) is 8.58. The molecule has 7 aromatic carbocycles. The van der Waals surface area contributed by atoms with Gasteiger partial charge in [-0.05, 0) is 79.9 Å². The zero-order valence-corrected chi connectivity index (χ0v) is 24.6. The molecule has 0 aliphatic heterocycles. The molecule has 7 rings (SSSR count). The standard InChI is InChI=1S/C43H30F2/c44-41-15-7-13-36(29-41)35-21-27-39(28-22-35)43(40-14-8-16-42(45)30-40,37-23-17-33(18-24-37)31-9-3-1-4-10-31)38-25-19-34(20-26-38)32-11-5-2-6-12-32/h1-30H. The maximum absolute atomic E-state index is 15.1. The molecular weight excluding hydrogens is 554 g/mol. The van der Waals surface area contributed by atoms with E-state index in [1.165, 1.54) is 12.1 Å². The first-order valence-electron chi connectivity index (χ1n) is 15.1. The Bertz CT molecular complexity index is 1940. The molecule has 0 aromatic heterocycles. The maximum atomic E-state index is 15.1. The Hall–Kier alpha value is -5.60. The molecule has 0 aliphatic carbocycles. The van der Waals surface area contributed by atoms with E-state index in [0.717, 1.165) is 55.6 Å². The lowest BCUT2D eigenvalue weighted by atomic mass is 9.64. The van der Waals surface area contributed by atoms with Gasteiger partial charge in [-0.2, -0.15) is 0 Å². The van der Waals surface area contributed by atoms with Crippen molar-refractivity contribution in [3.05, 3.63) is 216 Å². The molecule has 216 valence electrons. The van der Waals surface area contributed by atoms with Crippen LogP contribution >= 0.6 is 0 Å². The molecule has 0 nitrogen and oxygen atoms in total. The van der Waals surface area contributed by atoms with Crippen LogP contribution in [0.3, 0.4) is 0 Å². The number of hydrogen-bond acceptors (Lipinski definition) is 0. The second kappa shape index (κ2) is 12.2. The molecule has 0 N–H and O–H groups in total. The fourth-order valence-electron chi connectivity index (χ4n) is 6.39. The summed E-state index contributed by atoms with van der Waals surface area (Å²) < 4.78 is 29.2. The van der Waals surface area contributed by atoms with Gasteiger partial charge in [0.25, 0.3) is 0 Å². The fraction of sp³-hybridized carbons (Fsp3) is 0.0233. The van der Waals surface area contributed by atoms with Crippen LogP contribution in [0.5, 0.6) is 0 Å². The molecule has 0 atom stereocenters. The second-order valence-corrected chi connectivity index (χ2v) is 11.2. The molecule has 0 amide bonds. The molecule has 0 fully saturated rings. The molecule has 7 aromatic rings. The first-order chi connectivity index (χ1) is 22.1. The highest BCUT2D eigenvalue weighted by Crippen LogP contribution is 2.46. The van der Waals surface area contributed by atoms with Crippen LogP contribution in [0.4, 0.5) is 8.78 Å². The predicted molar refractivity (Wildman–Crippen MR) is 181 cm³/mol. The van der Waals surface area contributed by atoms with Gasteiger partial charge in [-0.25, -0.2) is 8.78 Å². The summed E-state index contributed by atoms with van der Waals surface area (Å²) in [5.74, 6) is -0.572. The van der Waals surface area contributed by atoms with Crippen molar-refractivity contribution < 1.29 is 8.78 Å². The predicted octanol–water partition coefficient (Wildman–Crippen LogP) is 11.3. The van der Waals surface area contributed by atoms with E-state index in [1.807, 2.05) is 60.7 Å². The third kappa shape index (κ3) is 5.47. The normalized spacial score (nSPS) is 11.3. The Labute approximate surface area is 262 Å². The summed E-state index contributed by atoms with van der Waals surface area (Å²) in [7, 11) is 0. The molecule has 0 bridgehead atoms. The van der Waals surface area contributed by atoms with Crippen LogP contribution < -0.4 is 0 Å². The Morgan fingerprint density at radius 3 is 1.04 bits per heavy atom. The Balaban J connectivity index is 1.46. The summed E-state index contributed by atoms with van der Waals surface area (Å²) in [4.78, 5) is 0. The number of hydrogen-bond donors (Lipinski definition) is 0. The van der Waals surface area contributed by atoms with Crippen molar-refractivity contribution in [2.45, 2.75) is 5.41 Å². The molecule has 2 heteroatoms. The lowest BCUT2D eigenvalue weighted by Crippen LogP contribution is -2.31. The van der Waals surface area contributed by atoms with Crippen LogP contribution in [0.15, 0.2) is 182 Å². The van der Waals surface area contributed by atoms with E-state index >= 15 is 4.39 Å². The van der Waals surface area contributed by atoms with Crippen molar-refractivity contribution in [1.29, 1.82) is 0 Å². The molecule has 0 aliphatic rings. The Morgan fingerprint density at radius 2 is 0.622 bits per heavy atom. The smallest absolute Gasteiger partial charge is 0.123 e. The van der Waals surface area contributed by atoms with E-state index in [1.54, 1.807) is 24.3 Å². The minimum Gasteiger partial charge on any atom is -0.207 e. The summed E-state index contributed by atoms with van der Waals surface area (Å²) in [6, 6.07) is 59.5. The van der Waals surface area contributed by atoms with Crippen LogP contribution in [0.25, 0.3) is 33.4 Å². The van der Waals surface area contributed by atoms with Crippen molar-refractivity contribution in [3.63, 3.8) is 0 Å². The zero-order valence-electron chi connectivity index (χ0n) is 24.6.